The van der Waals surface area contributed by atoms with Crippen molar-refractivity contribution in [2.45, 2.75) is 24.3 Å². The van der Waals surface area contributed by atoms with Crippen LogP contribution >= 0.6 is 11.8 Å². The second-order valence-electron chi connectivity index (χ2n) is 4.12. The van der Waals surface area contributed by atoms with E-state index in [4.69, 9.17) is 9.52 Å². The predicted octanol–water partition coefficient (Wildman–Crippen LogP) is 3.15. The van der Waals surface area contributed by atoms with Gasteiger partial charge in [0.1, 0.15) is 12.1 Å². The molecular formula is C15H14FNO2S. The first-order valence-electron chi connectivity index (χ1n) is 6.12. The summed E-state index contributed by atoms with van der Waals surface area (Å²) in [6.45, 7) is 1.86. The molecule has 0 aliphatic heterocycles. The van der Waals surface area contributed by atoms with Gasteiger partial charge in [-0.2, -0.15) is 0 Å². The van der Waals surface area contributed by atoms with E-state index in [1.54, 1.807) is 12.3 Å². The Morgan fingerprint density at radius 1 is 1.45 bits per heavy atom. The molecule has 0 saturated carbocycles. The molecule has 1 aromatic carbocycles. The number of nitrogens with zero attached hydrogens (tertiary/aromatic N) is 1. The van der Waals surface area contributed by atoms with Crippen LogP contribution in [0.15, 0.2) is 34.1 Å². The van der Waals surface area contributed by atoms with Crippen LogP contribution in [0.4, 0.5) is 4.39 Å². The Hall–Kier alpha value is -1.77. The Morgan fingerprint density at radius 2 is 2.30 bits per heavy atom. The van der Waals surface area contributed by atoms with Gasteiger partial charge in [-0.25, -0.2) is 9.37 Å². The van der Waals surface area contributed by atoms with Gasteiger partial charge in [-0.05, 0) is 24.6 Å². The van der Waals surface area contributed by atoms with Crippen molar-refractivity contribution in [3.63, 3.8) is 0 Å². The third-order valence-corrected chi connectivity index (χ3v) is 3.37. The Morgan fingerprint density at radius 3 is 3.00 bits per heavy atom. The number of rotatable bonds is 4. The monoisotopic (exact) mass is 291 g/mol. The Balaban J connectivity index is 2.12. The Kier molecular flexibility index (Phi) is 5.22. The van der Waals surface area contributed by atoms with Crippen molar-refractivity contribution in [3.8, 4) is 11.8 Å². The van der Waals surface area contributed by atoms with E-state index in [9.17, 15) is 4.39 Å². The van der Waals surface area contributed by atoms with Crippen LogP contribution < -0.4 is 0 Å². The average Bonchev–Trinajstić information content (AvgIpc) is 2.84. The maximum absolute atomic E-state index is 13.3. The highest BCUT2D eigenvalue weighted by molar-refractivity contribution is 7.98. The van der Waals surface area contributed by atoms with Gasteiger partial charge in [0.2, 0.25) is 0 Å². The van der Waals surface area contributed by atoms with Crippen molar-refractivity contribution in [1.29, 1.82) is 0 Å². The molecule has 0 radical (unpaired) electrons. The molecule has 5 heteroatoms. The smallest absolute Gasteiger partial charge is 0.256 e. The highest BCUT2D eigenvalue weighted by Crippen LogP contribution is 2.24. The quantitative estimate of drug-likeness (QED) is 0.694. The number of aromatic nitrogens is 1. The van der Waals surface area contributed by atoms with Crippen LogP contribution in [-0.4, -0.2) is 16.7 Å². The maximum atomic E-state index is 13.3. The summed E-state index contributed by atoms with van der Waals surface area (Å²) in [5.74, 6) is 5.97. The van der Waals surface area contributed by atoms with Crippen LogP contribution in [-0.2, 0) is 5.75 Å². The molecule has 2 aromatic rings. The number of aliphatic hydroxyl groups excluding tert-OH is 1. The predicted molar refractivity (Wildman–Crippen MR) is 75.8 cm³/mol. The fraction of sp³-hybridized carbons (Fsp3) is 0.267. The van der Waals surface area contributed by atoms with E-state index < -0.39 is 0 Å². The van der Waals surface area contributed by atoms with Crippen LogP contribution in [0.3, 0.4) is 0 Å². The summed E-state index contributed by atoms with van der Waals surface area (Å²) < 4.78 is 18.5. The second kappa shape index (κ2) is 7.13. The van der Waals surface area contributed by atoms with Gasteiger partial charge >= 0.3 is 0 Å². The number of aryl methyl sites for hydroxylation is 1. The van der Waals surface area contributed by atoms with Gasteiger partial charge < -0.3 is 9.52 Å². The summed E-state index contributed by atoms with van der Waals surface area (Å²) >= 11 is 1.44. The first kappa shape index (κ1) is 14.6. The minimum Gasteiger partial charge on any atom is -0.440 e. The molecule has 0 unspecified atom stereocenters. The average molecular weight is 291 g/mol. The van der Waals surface area contributed by atoms with Gasteiger partial charge in [0.15, 0.2) is 0 Å². The largest absolute Gasteiger partial charge is 0.440 e. The number of hydrogen-bond donors (Lipinski definition) is 1. The third-order valence-electron chi connectivity index (χ3n) is 2.48. The number of aliphatic hydroxyl groups is 1. The Labute approximate surface area is 121 Å². The number of thioether (sulfide) groups is 1. The van der Waals surface area contributed by atoms with Crippen molar-refractivity contribution < 1.29 is 13.9 Å². The fourth-order valence-electron chi connectivity index (χ4n) is 1.54. The second-order valence-corrected chi connectivity index (χ2v) is 5.05. The molecule has 0 bridgehead atoms. The first-order valence-corrected chi connectivity index (χ1v) is 7.10. The molecule has 104 valence electrons. The molecule has 3 nitrogen and oxygen atoms in total. The van der Waals surface area contributed by atoms with Crippen LogP contribution in [0.25, 0.3) is 0 Å². The van der Waals surface area contributed by atoms with Crippen LogP contribution in [0, 0.1) is 24.6 Å². The summed E-state index contributed by atoms with van der Waals surface area (Å²) in [5.41, 5.74) is 2.38. The van der Waals surface area contributed by atoms with Gasteiger partial charge in [-0.3, -0.25) is 0 Å². The number of benzene rings is 1. The van der Waals surface area contributed by atoms with Crippen molar-refractivity contribution in [2.75, 3.05) is 6.61 Å². The molecule has 0 saturated heterocycles. The summed E-state index contributed by atoms with van der Waals surface area (Å²) in [6, 6.07) is 4.52. The molecule has 20 heavy (non-hydrogen) atoms. The van der Waals surface area contributed by atoms with Crippen molar-refractivity contribution in [3.05, 3.63) is 47.1 Å². The third kappa shape index (κ3) is 4.12. The van der Waals surface area contributed by atoms with E-state index in [2.05, 4.69) is 16.8 Å². The molecule has 2 rings (SSSR count). The van der Waals surface area contributed by atoms with Crippen molar-refractivity contribution >= 4 is 11.8 Å². The number of hydrogen-bond acceptors (Lipinski definition) is 4. The maximum Gasteiger partial charge on any atom is 0.256 e. The van der Waals surface area contributed by atoms with Crippen molar-refractivity contribution in [1.82, 2.24) is 4.98 Å². The van der Waals surface area contributed by atoms with Gasteiger partial charge in [0.25, 0.3) is 5.22 Å². The fourth-order valence-corrected chi connectivity index (χ4v) is 2.40. The normalized spacial score (nSPS) is 10.2. The van der Waals surface area contributed by atoms with Gasteiger partial charge in [-0.1, -0.05) is 29.7 Å². The van der Waals surface area contributed by atoms with E-state index in [1.807, 2.05) is 6.92 Å². The topological polar surface area (TPSA) is 46.3 Å². The zero-order valence-corrected chi connectivity index (χ0v) is 11.8. The molecule has 1 N–H and O–H groups in total. The van der Waals surface area contributed by atoms with Gasteiger partial charge in [0.05, 0.1) is 12.3 Å². The summed E-state index contributed by atoms with van der Waals surface area (Å²) in [5, 5.41) is 9.31. The molecular weight excluding hydrogens is 277 g/mol. The standard InChI is InChI=1S/C15H14FNO2S/c1-11-9-19-15(17-11)20-10-13-5-6-14(16)8-12(13)4-2-3-7-18/h5-6,8-9,18H,3,7,10H2,1H3. The zero-order valence-electron chi connectivity index (χ0n) is 11.0. The summed E-state index contributed by atoms with van der Waals surface area (Å²) in [7, 11) is 0. The molecule has 0 spiro atoms. The minimum absolute atomic E-state index is 0.00198. The van der Waals surface area contributed by atoms with Crippen LogP contribution in [0.1, 0.15) is 23.2 Å². The first-order chi connectivity index (χ1) is 9.69. The lowest BCUT2D eigenvalue weighted by Gasteiger charge is -2.03. The molecule has 1 aromatic heterocycles. The molecule has 0 fully saturated rings. The van der Waals surface area contributed by atoms with E-state index in [-0.39, 0.29) is 12.4 Å². The summed E-state index contributed by atoms with van der Waals surface area (Å²) in [6.07, 6.45) is 1.97. The highest BCUT2D eigenvalue weighted by Gasteiger charge is 2.06. The molecule has 1 heterocycles. The number of oxazole rings is 1. The van der Waals surface area contributed by atoms with Crippen LogP contribution in [0.5, 0.6) is 0 Å². The van der Waals surface area contributed by atoms with E-state index in [0.29, 0.717) is 23.0 Å². The molecule has 0 aliphatic carbocycles. The van der Waals surface area contributed by atoms with Crippen molar-refractivity contribution in [2.24, 2.45) is 0 Å². The lowest BCUT2D eigenvalue weighted by Crippen LogP contribution is -1.90. The van der Waals surface area contributed by atoms with E-state index in [1.165, 1.54) is 23.9 Å². The van der Waals surface area contributed by atoms with E-state index >= 15 is 0 Å². The summed E-state index contributed by atoms with van der Waals surface area (Å²) in [4.78, 5) is 4.20. The zero-order chi connectivity index (χ0) is 14.4. The molecule has 0 amide bonds. The van der Waals surface area contributed by atoms with E-state index in [0.717, 1.165) is 11.3 Å². The van der Waals surface area contributed by atoms with Gasteiger partial charge in [-0.15, -0.1) is 0 Å². The highest BCUT2D eigenvalue weighted by atomic mass is 32.2. The molecule has 0 atom stereocenters. The lowest BCUT2D eigenvalue weighted by molar-refractivity contribution is 0.305. The lowest BCUT2D eigenvalue weighted by atomic mass is 10.1. The number of halogens is 1. The SMILES string of the molecule is Cc1coc(SCc2ccc(F)cc2C#CCCO)n1. The van der Waals surface area contributed by atoms with Gasteiger partial charge in [0, 0.05) is 17.7 Å². The molecule has 0 aliphatic rings. The van der Waals surface area contributed by atoms with Crippen LogP contribution in [0.2, 0.25) is 0 Å². The Bertz CT molecular complexity index is 643. The minimum atomic E-state index is -0.320.